The number of carbonyl (C=O) groups is 6. The van der Waals surface area contributed by atoms with Crippen LogP contribution in [0.1, 0.15) is 54.3 Å². The summed E-state index contributed by atoms with van der Waals surface area (Å²) in [5.74, 6) is -2.05. The van der Waals surface area contributed by atoms with Crippen molar-refractivity contribution < 1.29 is 47.7 Å². The Balaban J connectivity index is 1.05. The largest absolute Gasteiger partial charge is 0.377 e. The highest BCUT2D eigenvalue weighted by Crippen LogP contribution is 2.23. The molecular weight excluding hydrogens is 624 g/mol. The molecule has 0 unspecified atom stereocenters. The first kappa shape index (κ1) is 34.8. The third-order valence-electron chi connectivity index (χ3n) is 8.33. The number of ether oxygens (including phenoxy) is 4. The number of imide groups is 2. The fourth-order valence-corrected chi connectivity index (χ4v) is 5.68. The van der Waals surface area contributed by atoms with Gasteiger partial charge in [0.2, 0.25) is 11.8 Å². The molecule has 0 aromatic heterocycles. The van der Waals surface area contributed by atoms with Gasteiger partial charge in [-0.05, 0) is 24.3 Å². The van der Waals surface area contributed by atoms with Crippen LogP contribution < -0.4 is 0 Å². The van der Waals surface area contributed by atoms with Crippen LogP contribution in [-0.4, -0.2) is 147 Å². The number of hydrogen-bond acceptors (Lipinski definition) is 10. The standard InChI is InChI=1S/C34H40N4O10/c39-29(9-11-37-31(41)25-5-1-2-6-26(25)32(37)42)35-13-17-45-21-23-47-19-15-36(16-20-48-24-22-46-18-14-35)30(40)10-12-38-33(43)27-7-3-4-8-28(27)34(38)44/h1-8H,9-24H2. The van der Waals surface area contributed by atoms with E-state index in [0.29, 0.717) is 22.3 Å². The number of nitrogens with zero attached hydrogens (tertiary/aromatic N) is 4. The molecular formula is C34H40N4O10. The van der Waals surface area contributed by atoms with E-state index in [2.05, 4.69) is 0 Å². The molecule has 0 spiro atoms. The zero-order chi connectivity index (χ0) is 33.9. The van der Waals surface area contributed by atoms with Crippen LogP contribution in [0, 0.1) is 0 Å². The van der Waals surface area contributed by atoms with Crippen molar-refractivity contribution in [3.8, 4) is 0 Å². The van der Waals surface area contributed by atoms with Crippen LogP contribution in [0.4, 0.5) is 0 Å². The molecule has 2 aromatic rings. The van der Waals surface area contributed by atoms with E-state index in [0.717, 1.165) is 9.80 Å². The normalized spacial score (nSPS) is 18.8. The summed E-state index contributed by atoms with van der Waals surface area (Å²) in [5.41, 5.74) is 1.38. The minimum Gasteiger partial charge on any atom is -0.377 e. The second-order valence-electron chi connectivity index (χ2n) is 11.3. The average Bonchev–Trinajstić information content (AvgIpc) is 3.49. The summed E-state index contributed by atoms with van der Waals surface area (Å²) in [6, 6.07) is 13.2. The predicted molar refractivity (Wildman–Crippen MR) is 169 cm³/mol. The Morgan fingerprint density at radius 1 is 0.458 bits per heavy atom. The van der Waals surface area contributed by atoms with E-state index in [4.69, 9.17) is 18.9 Å². The topological polar surface area (TPSA) is 152 Å². The molecule has 48 heavy (non-hydrogen) atoms. The van der Waals surface area contributed by atoms with E-state index in [1.807, 2.05) is 0 Å². The molecule has 6 amide bonds. The van der Waals surface area contributed by atoms with Gasteiger partial charge in [-0.25, -0.2) is 0 Å². The van der Waals surface area contributed by atoms with E-state index in [1.54, 1.807) is 58.3 Å². The summed E-state index contributed by atoms with van der Waals surface area (Å²) in [4.78, 5) is 82.3. The van der Waals surface area contributed by atoms with E-state index in [1.165, 1.54) is 0 Å². The lowest BCUT2D eigenvalue weighted by Gasteiger charge is -2.25. The van der Waals surface area contributed by atoms with Crippen molar-refractivity contribution >= 4 is 35.4 Å². The van der Waals surface area contributed by atoms with Crippen molar-refractivity contribution in [3.63, 3.8) is 0 Å². The SMILES string of the molecule is O=C(CCN1C(=O)c2ccccc2C1=O)N1CCOCCOCCN(C(=O)CCN2C(=O)c3ccccc3C2=O)CCOCCOCC1. The lowest BCUT2D eigenvalue weighted by Crippen LogP contribution is -2.40. The molecule has 5 rings (SSSR count). The highest BCUT2D eigenvalue weighted by molar-refractivity contribution is 6.22. The van der Waals surface area contributed by atoms with Gasteiger partial charge < -0.3 is 28.7 Å². The minimum absolute atomic E-state index is 0.0205. The van der Waals surface area contributed by atoms with Crippen LogP contribution in [0.15, 0.2) is 48.5 Å². The zero-order valence-corrected chi connectivity index (χ0v) is 26.8. The van der Waals surface area contributed by atoms with E-state index in [-0.39, 0.29) is 117 Å². The summed E-state index contributed by atoms with van der Waals surface area (Å²) in [6.45, 7) is 3.16. The Morgan fingerprint density at radius 3 is 1.00 bits per heavy atom. The number of benzene rings is 2. The van der Waals surface area contributed by atoms with Gasteiger partial charge >= 0.3 is 0 Å². The molecule has 0 N–H and O–H groups in total. The van der Waals surface area contributed by atoms with E-state index >= 15 is 0 Å². The van der Waals surface area contributed by atoms with Crippen LogP contribution in [0.3, 0.4) is 0 Å². The molecule has 1 saturated heterocycles. The van der Waals surface area contributed by atoms with Crippen molar-refractivity contribution in [3.05, 3.63) is 70.8 Å². The summed E-state index contributed by atoms with van der Waals surface area (Å²) >= 11 is 0. The Kier molecular flexibility index (Phi) is 12.4. The maximum atomic E-state index is 13.1. The van der Waals surface area contributed by atoms with Gasteiger partial charge in [-0.1, -0.05) is 24.3 Å². The third-order valence-corrected chi connectivity index (χ3v) is 8.33. The van der Waals surface area contributed by atoms with Gasteiger partial charge in [0.15, 0.2) is 0 Å². The Hall–Kier alpha value is -4.50. The van der Waals surface area contributed by atoms with Crippen LogP contribution in [0.25, 0.3) is 0 Å². The Morgan fingerprint density at radius 2 is 0.729 bits per heavy atom. The maximum absolute atomic E-state index is 13.1. The van der Waals surface area contributed by atoms with E-state index in [9.17, 15) is 28.8 Å². The molecule has 3 aliphatic rings. The van der Waals surface area contributed by atoms with E-state index < -0.39 is 23.6 Å². The Bertz CT molecular complexity index is 1310. The average molecular weight is 665 g/mol. The lowest BCUT2D eigenvalue weighted by molar-refractivity contribution is -0.134. The fourth-order valence-electron chi connectivity index (χ4n) is 5.68. The molecule has 0 aliphatic carbocycles. The van der Waals surface area contributed by atoms with Crippen LogP contribution >= 0.6 is 0 Å². The van der Waals surface area contributed by atoms with Gasteiger partial charge in [-0.3, -0.25) is 38.6 Å². The maximum Gasteiger partial charge on any atom is 0.261 e. The van der Waals surface area contributed by atoms with Crippen LogP contribution in [-0.2, 0) is 28.5 Å². The van der Waals surface area contributed by atoms with Gasteiger partial charge in [0.05, 0.1) is 75.1 Å². The molecule has 14 heteroatoms. The van der Waals surface area contributed by atoms with Gasteiger partial charge in [0, 0.05) is 52.1 Å². The van der Waals surface area contributed by atoms with Gasteiger partial charge in [0.25, 0.3) is 23.6 Å². The lowest BCUT2D eigenvalue weighted by atomic mass is 10.1. The van der Waals surface area contributed by atoms with Crippen LogP contribution in [0.2, 0.25) is 0 Å². The highest BCUT2D eigenvalue weighted by Gasteiger charge is 2.36. The molecule has 3 heterocycles. The van der Waals surface area contributed by atoms with Gasteiger partial charge in [0.1, 0.15) is 0 Å². The molecule has 1 fully saturated rings. The monoisotopic (exact) mass is 664 g/mol. The summed E-state index contributed by atoms with van der Waals surface area (Å²) in [5, 5.41) is 0. The van der Waals surface area contributed by atoms with Crippen molar-refractivity contribution in [1.82, 2.24) is 19.6 Å². The van der Waals surface area contributed by atoms with Crippen molar-refractivity contribution in [1.29, 1.82) is 0 Å². The molecule has 0 atom stereocenters. The summed E-state index contributed by atoms with van der Waals surface area (Å²) < 4.78 is 22.7. The smallest absolute Gasteiger partial charge is 0.261 e. The third kappa shape index (κ3) is 8.50. The molecule has 0 bridgehead atoms. The molecule has 0 saturated carbocycles. The summed E-state index contributed by atoms with van der Waals surface area (Å²) in [7, 11) is 0. The Labute approximate surface area is 278 Å². The number of fused-ring (bicyclic) bond motifs is 2. The molecule has 2 aromatic carbocycles. The predicted octanol–water partition coefficient (Wildman–Crippen LogP) is 1.10. The minimum atomic E-state index is -0.399. The highest BCUT2D eigenvalue weighted by atomic mass is 16.5. The van der Waals surface area contributed by atoms with Crippen LogP contribution in [0.5, 0.6) is 0 Å². The zero-order valence-electron chi connectivity index (χ0n) is 26.8. The number of carbonyl (C=O) groups excluding carboxylic acids is 6. The number of hydrogen-bond donors (Lipinski definition) is 0. The second kappa shape index (κ2) is 17.1. The van der Waals surface area contributed by atoms with Gasteiger partial charge in [-0.2, -0.15) is 0 Å². The number of amides is 6. The molecule has 0 radical (unpaired) electrons. The first-order valence-electron chi connectivity index (χ1n) is 16.1. The molecule has 256 valence electrons. The first-order chi connectivity index (χ1) is 23.4. The van der Waals surface area contributed by atoms with Crippen molar-refractivity contribution in [2.45, 2.75) is 12.8 Å². The fraction of sp³-hybridized carbons (Fsp3) is 0.471. The first-order valence-corrected chi connectivity index (χ1v) is 16.1. The number of rotatable bonds is 6. The molecule has 14 nitrogen and oxygen atoms in total. The summed E-state index contributed by atoms with van der Waals surface area (Å²) in [6.07, 6.45) is -0.0452. The van der Waals surface area contributed by atoms with Crippen molar-refractivity contribution in [2.75, 3.05) is 92.1 Å². The van der Waals surface area contributed by atoms with Crippen molar-refractivity contribution in [2.24, 2.45) is 0 Å². The molecule has 3 aliphatic heterocycles. The van der Waals surface area contributed by atoms with Gasteiger partial charge in [-0.15, -0.1) is 0 Å². The second-order valence-corrected chi connectivity index (χ2v) is 11.3. The quantitative estimate of drug-likeness (QED) is 0.411.